The summed E-state index contributed by atoms with van der Waals surface area (Å²) in [4.78, 5) is 25.8. The first-order valence-electron chi connectivity index (χ1n) is 5.72. The van der Waals surface area contributed by atoms with Crippen molar-refractivity contribution in [3.05, 3.63) is 57.0 Å². The first-order valence-corrected chi connectivity index (χ1v) is 6.89. The van der Waals surface area contributed by atoms with Crippen molar-refractivity contribution in [2.24, 2.45) is 0 Å². The first-order chi connectivity index (χ1) is 9.49. The summed E-state index contributed by atoms with van der Waals surface area (Å²) in [7, 11) is 0. The molecule has 1 aliphatic rings. The van der Waals surface area contributed by atoms with E-state index in [2.05, 4.69) is 15.9 Å². The van der Waals surface area contributed by atoms with E-state index in [1.54, 1.807) is 30.3 Å². The lowest BCUT2D eigenvalue weighted by atomic mass is 10.1. The van der Waals surface area contributed by atoms with E-state index in [1.807, 2.05) is 0 Å². The molecule has 0 radical (unpaired) electrons. The lowest BCUT2D eigenvalue weighted by Crippen LogP contribution is -2.29. The minimum Gasteiger partial charge on any atom is -0.399 e. The average Bonchev–Trinajstić information content (AvgIpc) is 2.63. The molecule has 0 atom stereocenters. The van der Waals surface area contributed by atoms with Crippen molar-refractivity contribution in [1.82, 2.24) is 0 Å². The Hall–Kier alpha value is -1.85. The summed E-state index contributed by atoms with van der Waals surface area (Å²) < 4.78 is 0.770. The van der Waals surface area contributed by atoms with Crippen molar-refractivity contribution in [2.45, 2.75) is 0 Å². The van der Waals surface area contributed by atoms with Crippen LogP contribution in [0.5, 0.6) is 0 Å². The third kappa shape index (κ3) is 1.90. The molecule has 4 nitrogen and oxygen atoms in total. The third-order valence-corrected chi connectivity index (χ3v) is 3.86. The van der Waals surface area contributed by atoms with Gasteiger partial charge in [0.15, 0.2) is 0 Å². The number of carbonyl (C=O) groups is 2. The van der Waals surface area contributed by atoms with Crippen LogP contribution in [0.15, 0.2) is 40.9 Å². The Morgan fingerprint density at radius 2 is 1.70 bits per heavy atom. The molecule has 0 bridgehead atoms. The van der Waals surface area contributed by atoms with E-state index in [0.717, 1.165) is 9.37 Å². The van der Waals surface area contributed by atoms with Gasteiger partial charge in [-0.05, 0) is 36.4 Å². The van der Waals surface area contributed by atoms with E-state index in [4.69, 9.17) is 17.3 Å². The van der Waals surface area contributed by atoms with Gasteiger partial charge in [0.1, 0.15) is 0 Å². The number of amides is 2. The fourth-order valence-electron chi connectivity index (χ4n) is 2.14. The Balaban J connectivity index is 2.14. The third-order valence-electron chi connectivity index (χ3n) is 3.06. The first kappa shape index (κ1) is 13.1. The van der Waals surface area contributed by atoms with Gasteiger partial charge in [-0.25, -0.2) is 4.90 Å². The molecule has 100 valence electrons. The molecule has 1 heterocycles. The molecule has 0 spiro atoms. The molecule has 0 unspecified atom stereocenters. The van der Waals surface area contributed by atoms with Gasteiger partial charge in [-0.1, -0.05) is 27.5 Å². The fourth-order valence-corrected chi connectivity index (χ4v) is 2.90. The molecule has 3 rings (SSSR count). The van der Waals surface area contributed by atoms with Gasteiger partial charge in [0, 0.05) is 10.2 Å². The number of rotatable bonds is 1. The van der Waals surface area contributed by atoms with Crippen LogP contribution < -0.4 is 10.6 Å². The van der Waals surface area contributed by atoms with Crippen LogP contribution in [0.3, 0.4) is 0 Å². The van der Waals surface area contributed by atoms with Crippen LogP contribution in [-0.4, -0.2) is 11.8 Å². The number of fused-ring (bicyclic) bond motifs is 1. The van der Waals surface area contributed by atoms with Gasteiger partial charge in [-0.2, -0.15) is 0 Å². The molecule has 0 saturated heterocycles. The highest BCUT2D eigenvalue weighted by molar-refractivity contribution is 9.10. The number of benzene rings is 2. The smallest absolute Gasteiger partial charge is 0.266 e. The van der Waals surface area contributed by atoms with E-state index >= 15 is 0 Å². The molecular weight excluding hydrogens is 344 g/mol. The van der Waals surface area contributed by atoms with Crippen molar-refractivity contribution < 1.29 is 9.59 Å². The predicted molar refractivity (Wildman–Crippen MR) is 81.1 cm³/mol. The quantitative estimate of drug-likeness (QED) is 0.632. The van der Waals surface area contributed by atoms with E-state index in [1.165, 1.54) is 6.07 Å². The predicted octanol–water partition coefficient (Wildman–Crippen LogP) is 3.49. The zero-order valence-electron chi connectivity index (χ0n) is 10.1. The summed E-state index contributed by atoms with van der Waals surface area (Å²) >= 11 is 9.40. The number of nitrogens with zero attached hydrogens (tertiary/aromatic N) is 1. The minimum absolute atomic E-state index is 0.300. The second kappa shape index (κ2) is 4.61. The molecule has 0 fully saturated rings. The number of imide groups is 1. The number of nitrogen functional groups attached to an aromatic ring is 1. The van der Waals surface area contributed by atoms with Crippen LogP contribution in [0.4, 0.5) is 11.4 Å². The Morgan fingerprint density at radius 3 is 2.40 bits per heavy atom. The molecular formula is C14H8BrClN2O2. The maximum Gasteiger partial charge on any atom is 0.266 e. The monoisotopic (exact) mass is 350 g/mol. The second-order valence-electron chi connectivity index (χ2n) is 4.35. The summed E-state index contributed by atoms with van der Waals surface area (Å²) in [6.45, 7) is 0. The van der Waals surface area contributed by atoms with Crippen LogP contribution in [0.1, 0.15) is 20.7 Å². The Morgan fingerprint density at radius 1 is 1.00 bits per heavy atom. The molecule has 20 heavy (non-hydrogen) atoms. The average molecular weight is 352 g/mol. The molecule has 2 N–H and O–H groups in total. The van der Waals surface area contributed by atoms with Crippen LogP contribution >= 0.6 is 27.5 Å². The summed E-state index contributed by atoms with van der Waals surface area (Å²) in [6, 6.07) is 9.63. The van der Waals surface area contributed by atoms with Crippen molar-refractivity contribution in [3.8, 4) is 0 Å². The van der Waals surface area contributed by atoms with Gasteiger partial charge in [0.25, 0.3) is 11.8 Å². The highest BCUT2D eigenvalue weighted by Gasteiger charge is 2.37. The molecule has 2 aromatic rings. The Labute approximate surface area is 128 Å². The number of hydrogen-bond donors (Lipinski definition) is 1. The molecule has 0 aliphatic carbocycles. The molecule has 1 aliphatic heterocycles. The van der Waals surface area contributed by atoms with Gasteiger partial charge in [-0.3, -0.25) is 9.59 Å². The topological polar surface area (TPSA) is 63.4 Å². The SMILES string of the molecule is Nc1ccc2c(c1)C(=O)N(c1ccc(Br)cc1Cl)C2=O. The molecule has 6 heteroatoms. The van der Waals surface area contributed by atoms with Crippen molar-refractivity contribution in [1.29, 1.82) is 0 Å². The van der Waals surface area contributed by atoms with Crippen molar-refractivity contribution in [3.63, 3.8) is 0 Å². The molecule has 0 aromatic heterocycles. The Kier molecular flexibility index (Phi) is 3.03. The summed E-state index contributed by atoms with van der Waals surface area (Å²) in [5.41, 5.74) is 7.09. The van der Waals surface area contributed by atoms with Crippen LogP contribution in [-0.2, 0) is 0 Å². The fraction of sp³-hybridized carbons (Fsp3) is 0. The Bertz CT molecular complexity index is 761. The van der Waals surface area contributed by atoms with E-state index in [0.29, 0.717) is 27.5 Å². The number of halogens is 2. The van der Waals surface area contributed by atoms with E-state index < -0.39 is 11.8 Å². The van der Waals surface area contributed by atoms with Gasteiger partial charge in [0.2, 0.25) is 0 Å². The van der Waals surface area contributed by atoms with E-state index in [9.17, 15) is 9.59 Å². The van der Waals surface area contributed by atoms with Crippen molar-refractivity contribution >= 4 is 50.7 Å². The van der Waals surface area contributed by atoms with Gasteiger partial charge in [0.05, 0.1) is 21.8 Å². The zero-order chi connectivity index (χ0) is 14.4. The number of hydrogen-bond acceptors (Lipinski definition) is 3. The maximum atomic E-state index is 12.4. The number of anilines is 2. The van der Waals surface area contributed by atoms with Gasteiger partial charge in [-0.15, -0.1) is 0 Å². The minimum atomic E-state index is -0.415. The lowest BCUT2D eigenvalue weighted by Gasteiger charge is -2.15. The molecule has 2 amide bonds. The van der Waals surface area contributed by atoms with Gasteiger partial charge < -0.3 is 5.73 Å². The highest BCUT2D eigenvalue weighted by Crippen LogP contribution is 2.35. The number of nitrogens with two attached hydrogens (primary N) is 1. The maximum absolute atomic E-state index is 12.4. The summed E-state index contributed by atoms with van der Waals surface area (Å²) in [5, 5.41) is 0.321. The molecule has 0 saturated carbocycles. The highest BCUT2D eigenvalue weighted by atomic mass is 79.9. The second-order valence-corrected chi connectivity index (χ2v) is 5.67. The summed E-state index contributed by atoms with van der Waals surface area (Å²) in [6.07, 6.45) is 0. The van der Waals surface area contributed by atoms with Crippen LogP contribution in [0.25, 0.3) is 0 Å². The molecule has 2 aromatic carbocycles. The normalized spacial score (nSPS) is 13.8. The van der Waals surface area contributed by atoms with Crippen LogP contribution in [0.2, 0.25) is 5.02 Å². The number of carbonyl (C=O) groups excluding carboxylic acids is 2. The lowest BCUT2D eigenvalue weighted by molar-refractivity contribution is 0.0926. The van der Waals surface area contributed by atoms with Gasteiger partial charge >= 0.3 is 0 Å². The van der Waals surface area contributed by atoms with Crippen LogP contribution in [0, 0.1) is 0 Å². The zero-order valence-corrected chi connectivity index (χ0v) is 12.4. The standard InChI is InChI=1S/C14H8BrClN2O2/c15-7-1-4-12(11(16)5-7)18-13(19)9-3-2-8(17)6-10(9)14(18)20/h1-6H,17H2. The van der Waals surface area contributed by atoms with E-state index in [-0.39, 0.29) is 0 Å². The van der Waals surface area contributed by atoms with Crippen molar-refractivity contribution in [2.75, 3.05) is 10.6 Å². The summed E-state index contributed by atoms with van der Waals surface area (Å²) in [5.74, 6) is -0.809. The largest absolute Gasteiger partial charge is 0.399 e.